The molecule has 3 aromatic rings. The lowest BCUT2D eigenvalue weighted by Gasteiger charge is -2.09. The first-order chi connectivity index (χ1) is 9.36. The molecule has 94 valence electrons. The largest absolute Gasteiger partial charge is 0.457 e. The van der Waals surface area contributed by atoms with E-state index in [-0.39, 0.29) is 0 Å². The number of benzene rings is 2. The highest BCUT2D eigenvalue weighted by atomic mass is 79.9. The van der Waals surface area contributed by atoms with Gasteiger partial charge in [0.25, 0.3) is 0 Å². The summed E-state index contributed by atoms with van der Waals surface area (Å²) in [6.07, 6.45) is 1.79. The van der Waals surface area contributed by atoms with Gasteiger partial charge in [0.05, 0.1) is 5.52 Å². The van der Waals surface area contributed by atoms with Crippen molar-refractivity contribution in [3.8, 4) is 11.5 Å². The van der Waals surface area contributed by atoms with E-state index in [1.807, 2.05) is 54.6 Å². The Morgan fingerprint density at radius 2 is 1.89 bits per heavy atom. The van der Waals surface area contributed by atoms with Gasteiger partial charge in [0.15, 0.2) is 0 Å². The summed E-state index contributed by atoms with van der Waals surface area (Å²) in [4.78, 5) is 4.34. The molecule has 0 bridgehead atoms. The van der Waals surface area contributed by atoms with E-state index in [4.69, 9.17) is 4.74 Å². The number of hydrogen-bond donors (Lipinski definition) is 0. The van der Waals surface area contributed by atoms with Crippen molar-refractivity contribution in [2.75, 3.05) is 0 Å². The number of halogens is 1. The minimum absolute atomic E-state index is 0.773. The van der Waals surface area contributed by atoms with Crippen molar-refractivity contribution in [2.24, 2.45) is 0 Å². The zero-order chi connectivity index (χ0) is 13.1. The molecule has 0 aliphatic carbocycles. The maximum atomic E-state index is 5.94. The molecule has 0 atom stereocenters. The van der Waals surface area contributed by atoms with Crippen molar-refractivity contribution < 1.29 is 4.74 Å². The van der Waals surface area contributed by atoms with E-state index >= 15 is 0 Å². The molecule has 3 heteroatoms. The van der Waals surface area contributed by atoms with E-state index < -0.39 is 0 Å². The number of para-hydroxylation sites is 1. The molecule has 0 fully saturated rings. The van der Waals surface area contributed by atoms with E-state index in [9.17, 15) is 0 Å². The molecule has 0 saturated carbocycles. The van der Waals surface area contributed by atoms with Gasteiger partial charge < -0.3 is 4.74 Å². The van der Waals surface area contributed by atoms with E-state index in [0.717, 1.165) is 33.3 Å². The summed E-state index contributed by atoms with van der Waals surface area (Å²) in [5.74, 6) is 1.68. The Morgan fingerprint density at radius 3 is 2.79 bits per heavy atom. The lowest BCUT2D eigenvalue weighted by molar-refractivity contribution is 0.479. The van der Waals surface area contributed by atoms with Crippen molar-refractivity contribution in [3.05, 3.63) is 66.4 Å². The van der Waals surface area contributed by atoms with Crippen LogP contribution in [0.25, 0.3) is 10.9 Å². The number of nitrogens with zero attached hydrogens (tertiary/aromatic N) is 1. The van der Waals surface area contributed by atoms with E-state index in [1.54, 1.807) is 6.20 Å². The van der Waals surface area contributed by atoms with Gasteiger partial charge in [0, 0.05) is 28.5 Å². The van der Waals surface area contributed by atoms with Gasteiger partial charge in [-0.05, 0) is 24.3 Å². The van der Waals surface area contributed by atoms with Gasteiger partial charge in [-0.2, -0.15) is 0 Å². The first-order valence-electron chi connectivity index (χ1n) is 6.03. The number of pyridine rings is 1. The van der Waals surface area contributed by atoms with Crippen LogP contribution in [0.2, 0.25) is 0 Å². The van der Waals surface area contributed by atoms with Crippen LogP contribution in [0, 0.1) is 0 Å². The lowest BCUT2D eigenvalue weighted by atomic mass is 10.2. The minimum atomic E-state index is 0.773. The first-order valence-corrected chi connectivity index (χ1v) is 7.15. The molecule has 1 aromatic heterocycles. The third kappa shape index (κ3) is 2.61. The maximum absolute atomic E-state index is 5.94. The molecule has 0 unspecified atom stereocenters. The zero-order valence-electron chi connectivity index (χ0n) is 10.2. The third-order valence-corrected chi connectivity index (χ3v) is 3.53. The Bertz CT molecular complexity index is 712. The monoisotopic (exact) mass is 313 g/mol. The Morgan fingerprint density at radius 1 is 1.00 bits per heavy atom. The van der Waals surface area contributed by atoms with Gasteiger partial charge in [0.2, 0.25) is 0 Å². The van der Waals surface area contributed by atoms with Crippen molar-refractivity contribution in [1.82, 2.24) is 4.98 Å². The average Bonchev–Trinajstić information content (AvgIpc) is 2.48. The van der Waals surface area contributed by atoms with Gasteiger partial charge >= 0.3 is 0 Å². The molecule has 0 N–H and O–H groups in total. The van der Waals surface area contributed by atoms with Gasteiger partial charge in [-0.1, -0.05) is 40.2 Å². The van der Waals surface area contributed by atoms with Crippen molar-refractivity contribution in [3.63, 3.8) is 0 Å². The topological polar surface area (TPSA) is 22.1 Å². The zero-order valence-corrected chi connectivity index (χ0v) is 11.8. The fourth-order valence-corrected chi connectivity index (χ4v) is 2.41. The summed E-state index contributed by atoms with van der Waals surface area (Å²) < 4.78 is 5.94. The molecule has 2 aromatic carbocycles. The van der Waals surface area contributed by atoms with E-state index in [0.29, 0.717) is 0 Å². The van der Waals surface area contributed by atoms with Crippen LogP contribution in [-0.4, -0.2) is 4.98 Å². The number of hydrogen-bond acceptors (Lipinski definition) is 2. The van der Waals surface area contributed by atoms with Crippen LogP contribution in [0.1, 0.15) is 5.56 Å². The normalized spacial score (nSPS) is 10.6. The standard InChI is InChI=1S/C16H12BrNO/c17-11-13-4-1-2-6-16(13)19-14-8-7-12-5-3-9-18-15(12)10-14/h1-10H,11H2. The molecule has 3 rings (SSSR count). The Kier molecular flexibility index (Phi) is 3.47. The molecule has 19 heavy (non-hydrogen) atoms. The molecule has 0 spiro atoms. The quantitative estimate of drug-likeness (QED) is 0.640. The lowest BCUT2D eigenvalue weighted by Crippen LogP contribution is -1.89. The molecule has 0 saturated heterocycles. The Hall–Kier alpha value is -1.87. The van der Waals surface area contributed by atoms with E-state index in [2.05, 4.69) is 20.9 Å². The number of aromatic nitrogens is 1. The van der Waals surface area contributed by atoms with Gasteiger partial charge in [-0.25, -0.2) is 0 Å². The van der Waals surface area contributed by atoms with Crippen LogP contribution in [0.4, 0.5) is 0 Å². The molecule has 1 heterocycles. The summed E-state index contributed by atoms with van der Waals surface area (Å²) in [6, 6.07) is 17.9. The first kappa shape index (κ1) is 12.2. The summed E-state index contributed by atoms with van der Waals surface area (Å²) in [7, 11) is 0. The van der Waals surface area contributed by atoms with Crippen molar-refractivity contribution in [2.45, 2.75) is 5.33 Å². The summed E-state index contributed by atoms with van der Waals surface area (Å²) in [6.45, 7) is 0. The van der Waals surface area contributed by atoms with Crippen molar-refractivity contribution in [1.29, 1.82) is 0 Å². The SMILES string of the molecule is BrCc1ccccc1Oc1ccc2cccnc2c1. The summed E-state index contributed by atoms with van der Waals surface area (Å²) in [5, 5.41) is 1.89. The highest BCUT2D eigenvalue weighted by molar-refractivity contribution is 9.08. The second kappa shape index (κ2) is 5.41. The van der Waals surface area contributed by atoms with Crippen LogP contribution >= 0.6 is 15.9 Å². The smallest absolute Gasteiger partial charge is 0.131 e. The number of alkyl halides is 1. The number of ether oxygens (including phenoxy) is 1. The minimum Gasteiger partial charge on any atom is -0.457 e. The molecule has 0 aliphatic rings. The molecular formula is C16H12BrNO. The van der Waals surface area contributed by atoms with Crippen LogP contribution in [0.3, 0.4) is 0 Å². The average molecular weight is 314 g/mol. The van der Waals surface area contributed by atoms with Gasteiger partial charge in [-0.15, -0.1) is 0 Å². The Labute approximate surface area is 120 Å². The third-order valence-electron chi connectivity index (χ3n) is 2.92. The fraction of sp³-hybridized carbons (Fsp3) is 0.0625. The molecular weight excluding hydrogens is 302 g/mol. The van der Waals surface area contributed by atoms with Gasteiger partial charge in [0.1, 0.15) is 11.5 Å². The van der Waals surface area contributed by atoms with Crippen LogP contribution in [0.5, 0.6) is 11.5 Å². The van der Waals surface area contributed by atoms with Crippen LogP contribution < -0.4 is 4.74 Å². The number of rotatable bonds is 3. The maximum Gasteiger partial charge on any atom is 0.131 e. The highest BCUT2D eigenvalue weighted by Gasteiger charge is 2.04. The van der Waals surface area contributed by atoms with Crippen molar-refractivity contribution >= 4 is 26.8 Å². The number of fused-ring (bicyclic) bond motifs is 1. The fourth-order valence-electron chi connectivity index (χ4n) is 1.95. The van der Waals surface area contributed by atoms with E-state index in [1.165, 1.54) is 0 Å². The Balaban J connectivity index is 1.96. The summed E-state index contributed by atoms with van der Waals surface area (Å²) in [5.41, 5.74) is 2.07. The van der Waals surface area contributed by atoms with Crippen LogP contribution in [0.15, 0.2) is 60.8 Å². The molecule has 0 aliphatic heterocycles. The second-order valence-electron chi connectivity index (χ2n) is 4.20. The predicted octanol–water partition coefficient (Wildman–Crippen LogP) is 4.92. The second-order valence-corrected chi connectivity index (χ2v) is 4.76. The van der Waals surface area contributed by atoms with Crippen LogP contribution in [-0.2, 0) is 5.33 Å². The summed E-state index contributed by atoms with van der Waals surface area (Å²) >= 11 is 3.47. The molecule has 2 nitrogen and oxygen atoms in total. The molecule has 0 radical (unpaired) electrons. The molecule has 0 amide bonds. The predicted molar refractivity (Wildman–Crippen MR) is 80.9 cm³/mol. The van der Waals surface area contributed by atoms with Gasteiger partial charge in [-0.3, -0.25) is 4.98 Å². The highest BCUT2D eigenvalue weighted by Crippen LogP contribution is 2.28.